The van der Waals surface area contributed by atoms with Crippen molar-refractivity contribution >= 4 is 23.2 Å². The van der Waals surface area contributed by atoms with Crippen LogP contribution < -0.4 is 16.4 Å². The lowest BCUT2D eigenvalue weighted by molar-refractivity contribution is -0.138. The van der Waals surface area contributed by atoms with Gasteiger partial charge in [-0.25, -0.2) is 14.5 Å². The zero-order valence-electron chi connectivity index (χ0n) is 21.8. The molecule has 9 nitrogen and oxygen atoms in total. The second-order valence-corrected chi connectivity index (χ2v) is 9.72. The Labute approximate surface area is 229 Å². The first-order valence-corrected chi connectivity index (χ1v) is 12.7. The summed E-state index contributed by atoms with van der Waals surface area (Å²) >= 11 is 0. The summed E-state index contributed by atoms with van der Waals surface area (Å²) in [7, 11) is 2.00. The van der Waals surface area contributed by atoms with Crippen LogP contribution in [0.2, 0.25) is 0 Å². The molecule has 5 rings (SSSR count). The smallest absolute Gasteiger partial charge is 0.384 e. The molecule has 208 valence electrons. The van der Waals surface area contributed by atoms with Crippen LogP contribution in [0.1, 0.15) is 11.1 Å². The van der Waals surface area contributed by atoms with Gasteiger partial charge in [0, 0.05) is 68.1 Å². The molecular weight excluding hydrogens is 521 g/mol. The molecule has 0 aliphatic carbocycles. The van der Waals surface area contributed by atoms with Crippen molar-refractivity contribution in [3.8, 4) is 16.8 Å². The molecule has 2 aromatic heterocycles. The molecule has 0 saturated carbocycles. The number of nitrogens with one attached hydrogen (secondary N) is 2. The molecule has 0 unspecified atom stereocenters. The van der Waals surface area contributed by atoms with Crippen LogP contribution in [0.25, 0.3) is 16.8 Å². The number of halogens is 3. The van der Waals surface area contributed by atoms with E-state index in [9.17, 15) is 18.0 Å². The van der Waals surface area contributed by atoms with Gasteiger partial charge < -0.3 is 21.3 Å². The summed E-state index contributed by atoms with van der Waals surface area (Å²) in [5, 5.41) is 9.53. The van der Waals surface area contributed by atoms with E-state index in [1.807, 2.05) is 30.3 Å². The normalized spacial score (nSPS) is 14.7. The van der Waals surface area contributed by atoms with E-state index >= 15 is 0 Å². The quantitative estimate of drug-likeness (QED) is 0.315. The number of rotatable bonds is 6. The molecule has 1 fully saturated rings. The summed E-state index contributed by atoms with van der Waals surface area (Å²) in [6.07, 6.45) is 0.612. The minimum absolute atomic E-state index is 0.0627. The maximum Gasteiger partial charge on any atom is 0.416 e. The van der Waals surface area contributed by atoms with Gasteiger partial charge in [-0.05, 0) is 48.5 Å². The number of alkyl halides is 3. The number of pyridine rings is 1. The van der Waals surface area contributed by atoms with E-state index in [-0.39, 0.29) is 17.8 Å². The number of aromatic nitrogens is 3. The first-order chi connectivity index (χ1) is 19.1. The van der Waals surface area contributed by atoms with Gasteiger partial charge in [-0.15, -0.1) is 0 Å². The molecule has 1 aliphatic rings. The van der Waals surface area contributed by atoms with Gasteiger partial charge in [0.15, 0.2) is 0 Å². The second kappa shape index (κ2) is 11.4. The third kappa shape index (κ3) is 6.58. The van der Waals surface area contributed by atoms with Crippen LogP contribution in [0.4, 0.5) is 35.2 Å². The minimum Gasteiger partial charge on any atom is -0.384 e. The highest BCUT2D eigenvalue weighted by molar-refractivity contribution is 6.00. The van der Waals surface area contributed by atoms with Crippen LogP contribution in [-0.4, -0.2) is 63.8 Å². The van der Waals surface area contributed by atoms with Crippen molar-refractivity contribution < 1.29 is 18.0 Å². The largest absolute Gasteiger partial charge is 0.416 e. The lowest BCUT2D eigenvalue weighted by Crippen LogP contribution is -2.44. The number of carbonyl (C=O) groups excluding carboxylic acids is 1. The number of carbonyl (C=O) groups is 1. The summed E-state index contributed by atoms with van der Waals surface area (Å²) in [5.41, 5.74) is 8.22. The molecule has 0 radical (unpaired) electrons. The van der Waals surface area contributed by atoms with Crippen molar-refractivity contribution in [2.45, 2.75) is 12.7 Å². The fraction of sp³-hybridized carbons (Fsp3) is 0.250. The first-order valence-electron chi connectivity index (χ1n) is 12.7. The standard InChI is InChI=1S/C28H29F3N8O/c1-37-10-12-38(13-11-37)17-20-4-7-23(14-25(20)28(29,30)31)36-27(40)35-22-5-2-19(3-6-22)21-16-34-39(18-21)24-8-9-33-26(32)15-24/h2-9,14-16,18H,10-13,17H2,1H3,(H2,32,33)(H2,35,36,40). The number of nitrogen functional groups attached to an aromatic ring is 1. The van der Waals surface area contributed by atoms with Gasteiger partial charge in [-0.1, -0.05) is 18.2 Å². The Bertz CT molecular complexity index is 1480. The van der Waals surface area contributed by atoms with Gasteiger partial charge >= 0.3 is 12.2 Å². The number of piperazine rings is 1. The molecule has 3 heterocycles. The number of nitrogens with zero attached hydrogens (tertiary/aromatic N) is 5. The topological polar surface area (TPSA) is 104 Å². The molecule has 4 aromatic rings. The van der Waals surface area contributed by atoms with Crippen molar-refractivity contribution in [2.75, 3.05) is 49.6 Å². The molecule has 1 saturated heterocycles. The van der Waals surface area contributed by atoms with Gasteiger partial charge in [0.25, 0.3) is 0 Å². The van der Waals surface area contributed by atoms with E-state index in [1.54, 1.807) is 41.3 Å². The number of benzene rings is 2. The van der Waals surface area contributed by atoms with Gasteiger partial charge in [0.1, 0.15) is 5.82 Å². The highest BCUT2D eigenvalue weighted by Gasteiger charge is 2.34. The Morgan fingerprint density at radius 1 is 0.950 bits per heavy atom. The Hall–Kier alpha value is -4.42. The number of urea groups is 1. The fourth-order valence-corrected chi connectivity index (χ4v) is 4.53. The zero-order valence-corrected chi connectivity index (χ0v) is 21.8. The third-order valence-electron chi connectivity index (χ3n) is 6.75. The van der Waals surface area contributed by atoms with Crippen LogP contribution in [0.5, 0.6) is 0 Å². The summed E-state index contributed by atoms with van der Waals surface area (Å²) in [4.78, 5) is 20.7. The molecule has 12 heteroatoms. The Morgan fingerprint density at radius 3 is 2.35 bits per heavy atom. The number of hydrogen-bond donors (Lipinski definition) is 3. The van der Waals surface area contributed by atoms with Crippen molar-refractivity contribution in [1.29, 1.82) is 0 Å². The summed E-state index contributed by atoms with van der Waals surface area (Å²) < 4.78 is 43.2. The maximum atomic E-state index is 13.9. The lowest BCUT2D eigenvalue weighted by Gasteiger charge is -2.33. The van der Waals surface area contributed by atoms with Gasteiger partial charge in [-0.3, -0.25) is 4.90 Å². The Balaban J connectivity index is 1.22. The average molecular weight is 551 g/mol. The molecule has 40 heavy (non-hydrogen) atoms. The van der Waals surface area contributed by atoms with Gasteiger partial charge in [0.05, 0.1) is 17.4 Å². The predicted molar refractivity (Wildman–Crippen MR) is 148 cm³/mol. The molecule has 4 N–H and O–H groups in total. The van der Waals surface area contributed by atoms with Crippen LogP contribution in [0.3, 0.4) is 0 Å². The van der Waals surface area contributed by atoms with Crippen LogP contribution in [0.15, 0.2) is 73.2 Å². The molecule has 2 aromatic carbocycles. The Kier molecular flexibility index (Phi) is 7.71. The van der Waals surface area contributed by atoms with E-state index < -0.39 is 17.8 Å². The zero-order chi connectivity index (χ0) is 28.3. The number of hydrogen-bond acceptors (Lipinski definition) is 6. The third-order valence-corrected chi connectivity index (χ3v) is 6.75. The van der Waals surface area contributed by atoms with Gasteiger partial charge in [-0.2, -0.15) is 18.3 Å². The molecule has 2 amide bonds. The molecule has 0 bridgehead atoms. The number of likely N-dealkylation sites (N-methyl/N-ethyl adjacent to an activating group) is 1. The SMILES string of the molecule is CN1CCN(Cc2ccc(NC(=O)Nc3ccc(-c4cnn(-c5ccnc(N)c5)c4)cc3)cc2C(F)(F)F)CC1. The molecule has 1 aliphatic heterocycles. The van der Waals surface area contributed by atoms with Crippen LogP contribution in [0, 0.1) is 0 Å². The average Bonchev–Trinajstić information content (AvgIpc) is 3.41. The van der Waals surface area contributed by atoms with E-state index in [2.05, 4.69) is 25.6 Å². The fourth-order valence-electron chi connectivity index (χ4n) is 4.53. The van der Waals surface area contributed by atoms with E-state index in [0.717, 1.165) is 36.0 Å². The minimum atomic E-state index is -4.54. The molecule has 0 atom stereocenters. The van der Waals surface area contributed by atoms with Crippen LogP contribution in [-0.2, 0) is 12.7 Å². The summed E-state index contributed by atoms with van der Waals surface area (Å²) in [5.74, 6) is 0.388. The van der Waals surface area contributed by atoms with Crippen molar-refractivity contribution in [2.24, 2.45) is 0 Å². The van der Waals surface area contributed by atoms with Crippen molar-refractivity contribution in [3.05, 3.63) is 84.3 Å². The summed E-state index contributed by atoms with van der Waals surface area (Å²) in [6, 6.07) is 13.8. The Morgan fingerprint density at radius 2 is 1.65 bits per heavy atom. The predicted octanol–water partition coefficient (Wildman–Crippen LogP) is 4.93. The van der Waals surface area contributed by atoms with Crippen molar-refractivity contribution in [1.82, 2.24) is 24.6 Å². The second-order valence-electron chi connectivity index (χ2n) is 9.72. The number of anilines is 3. The van der Waals surface area contributed by atoms with E-state index in [0.29, 0.717) is 24.6 Å². The van der Waals surface area contributed by atoms with Gasteiger partial charge in [0.2, 0.25) is 0 Å². The lowest BCUT2D eigenvalue weighted by atomic mass is 10.0. The maximum absolute atomic E-state index is 13.9. The highest BCUT2D eigenvalue weighted by atomic mass is 19.4. The van der Waals surface area contributed by atoms with Crippen molar-refractivity contribution in [3.63, 3.8) is 0 Å². The monoisotopic (exact) mass is 550 g/mol. The summed E-state index contributed by atoms with van der Waals surface area (Å²) in [6.45, 7) is 3.24. The van der Waals surface area contributed by atoms with Crippen LogP contribution >= 0.6 is 0 Å². The molecule has 0 spiro atoms. The highest BCUT2D eigenvalue weighted by Crippen LogP contribution is 2.34. The van der Waals surface area contributed by atoms with E-state index in [1.165, 1.54) is 12.1 Å². The number of amides is 2. The first kappa shape index (κ1) is 27.2. The van der Waals surface area contributed by atoms with E-state index in [4.69, 9.17) is 5.73 Å². The molecular formula is C28H29F3N8O. The number of nitrogens with two attached hydrogens (primary N) is 1.